The fraction of sp³-hybridized carbons (Fsp3) is 0.261. The molecular weight excluding hydrogens is 452 g/mol. The van der Waals surface area contributed by atoms with Crippen LogP contribution in [0.2, 0.25) is 5.02 Å². The molecule has 0 saturated heterocycles. The maximum atomic E-state index is 14.2. The van der Waals surface area contributed by atoms with Gasteiger partial charge in [-0.05, 0) is 37.0 Å². The zero-order valence-electron chi connectivity index (χ0n) is 17.6. The minimum atomic E-state index is -0.857. The van der Waals surface area contributed by atoms with E-state index < -0.39 is 11.6 Å². The lowest BCUT2D eigenvalue weighted by molar-refractivity contribution is 0.179. The molecule has 1 aliphatic rings. The molecule has 0 aliphatic heterocycles. The molecule has 0 radical (unpaired) electrons. The van der Waals surface area contributed by atoms with Crippen molar-refractivity contribution in [1.82, 2.24) is 20.2 Å². The van der Waals surface area contributed by atoms with Crippen LogP contribution in [0, 0.1) is 17.6 Å². The van der Waals surface area contributed by atoms with E-state index in [1.807, 2.05) is 18.2 Å². The van der Waals surface area contributed by atoms with Crippen molar-refractivity contribution in [2.45, 2.75) is 18.9 Å². The van der Waals surface area contributed by atoms with Crippen LogP contribution in [0.1, 0.15) is 12.8 Å². The second kappa shape index (κ2) is 8.92. The lowest BCUT2D eigenvalue weighted by atomic mass is 10.1. The van der Waals surface area contributed by atoms with E-state index in [-0.39, 0.29) is 17.8 Å². The molecule has 1 fully saturated rings. The molecule has 2 N–H and O–H groups in total. The monoisotopic (exact) mass is 471 g/mol. The standard InChI is InChI=1S/C23H20ClF2N5O2/c1-32-11-17(12-6-7-12)27-21-19-20(14-4-2-3-5-15(14)24)30-31-22(19)29-23(28-21)33-18-9-8-13(25)10-16(18)26/h2-5,8-10,12,17H,6-7,11H2,1H3,(H2,27,28,29,30,31). The topological polar surface area (TPSA) is 85.0 Å². The van der Waals surface area contributed by atoms with Crippen LogP contribution in [0.25, 0.3) is 22.3 Å². The highest BCUT2D eigenvalue weighted by Gasteiger charge is 2.32. The lowest BCUT2D eigenvalue weighted by Gasteiger charge is -2.19. The SMILES string of the molecule is COCC(Nc1nc(Oc2ccc(F)cc2F)nc2[nH]nc(-c3ccccc3Cl)c12)C1CC1. The molecule has 2 aromatic heterocycles. The largest absolute Gasteiger partial charge is 0.421 e. The number of nitrogens with one attached hydrogen (secondary N) is 2. The zero-order chi connectivity index (χ0) is 22.9. The van der Waals surface area contributed by atoms with Crippen molar-refractivity contribution in [1.29, 1.82) is 0 Å². The predicted molar refractivity (Wildman–Crippen MR) is 121 cm³/mol. The summed E-state index contributed by atoms with van der Waals surface area (Å²) >= 11 is 6.42. The number of ether oxygens (including phenoxy) is 2. The smallest absolute Gasteiger partial charge is 0.326 e. The van der Waals surface area contributed by atoms with Crippen molar-refractivity contribution >= 4 is 28.5 Å². The van der Waals surface area contributed by atoms with Gasteiger partial charge in [0.15, 0.2) is 17.2 Å². The van der Waals surface area contributed by atoms with Crippen LogP contribution >= 0.6 is 11.6 Å². The van der Waals surface area contributed by atoms with Crippen LogP contribution in [0.5, 0.6) is 11.8 Å². The summed E-state index contributed by atoms with van der Waals surface area (Å²) < 4.78 is 38.4. The van der Waals surface area contributed by atoms with E-state index in [0.717, 1.165) is 25.0 Å². The van der Waals surface area contributed by atoms with Gasteiger partial charge in [0.05, 0.1) is 23.1 Å². The van der Waals surface area contributed by atoms with Crippen molar-refractivity contribution in [3.05, 3.63) is 59.1 Å². The van der Waals surface area contributed by atoms with Crippen LogP contribution < -0.4 is 10.1 Å². The summed E-state index contributed by atoms with van der Waals surface area (Å²) in [6, 6.07) is 10.2. The van der Waals surface area contributed by atoms with Crippen LogP contribution in [-0.4, -0.2) is 39.9 Å². The Morgan fingerprint density at radius 2 is 2.00 bits per heavy atom. The van der Waals surface area contributed by atoms with Gasteiger partial charge in [-0.1, -0.05) is 29.8 Å². The van der Waals surface area contributed by atoms with Crippen LogP contribution in [0.3, 0.4) is 0 Å². The van der Waals surface area contributed by atoms with Crippen molar-refractivity contribution in [2.75, 3.05) is 19.0 Å². The first-order chi connectivity index (χ1) is 16.0. The number of halogens is 3. The van der Waals surface area contributed by atoms with Gasteiger partial charge >= 0.3 is 6.01 Å². The summed E-state index contributed by atoms with van der Waals surface area (Å²) in [4.78, 5) is 8.87. The van der Waals surface area contributed by atoms with Crippen molar-refractivity contribution in [3.8, 4) is 23.0 Å². The summed E-state index contributed by atoms with van der Waals surface area (Å²) in [5.74, 6) is -0.851. The minimum Gasteiger partial charge on any atom is -0.421 e. The molecule has 1 atom stereocenters. The highest BCUT2D eigenvalue weighted by Crippen LogP contribution is 2.39. The normalized spacial score (nSPS) is 14.4. The lowest BCUT2D eigenvalue weighted by Crippen LogP contribution is -2.27. The Bertz CT molecular complexity index is 1310. The molecule has 5 rings (SSSR count). The molecule has 170 valence electrons. The minimum absolute atomic E-state index is 0.0116. The predicted octanol–water partition coefficient (Wildman–Crippen LogP) is 5.58. The Morgan fingerprint density at radius 3 is 2.73 bits per heavy atom. The third-order valence-corrected chi connectivity index (χ3v) is 5.81. The Balaban J connectivity index is 1.61. The van der Waals surface area contributed by atoms with Crippen molar-refractivity contribution in [2.24, 2.45) is 5.92 Å². The third kappa shape index (κ3) is 4.46. The number of rotatable bonds is 8. The van der Waals surface area contributed by atoms with Gasteiger partial charge in [0.1, 0.15) is 17.3 Å². The fourth-order valence-electron chi connectivity index (χ4n) is 3.71. The molecule has 2 heterocycles. The van der Waals surface area contributed by atoms with Gasteiger partial charge in [0.2, 0.25) is 0 Å². The average molecular weight is 472 g/mol. The Hall–Kier alpha value is -3.30. The van der Waals surface area contributed by atoms with Crippen LogP contribution in [0.4, 0.5) is 14.6 Å². The van der Waals surface area contributed by atoms with Gasteiger partial charge in [-0.15, -0.1) is 0 Å². The number of aromatic amines is 1. The van der Waals surface area contributed by atoms with E-state index in [9.17, 15) is 8.78 Å². The van der Waals surface area contributed by atoms with Gasteiger partial charge in [0, 0.05) is 18.7 Å². The number of nitrogens with zero attached hydrogens (tertiary/aromatic N) is 3. The molecule has 0 spiro atoms. The summed E-state index contributed by atoms with van der Waals surface area (Å²) in [5.41, 5.74) is 1.67. The van der Waals surface area contributed by atoms with Gasteiger partial charge in [-0.2, -0.15) is 15.1 Å². The van der Waals surface area contributed by atoms with E-state index in [4.69, 9.17) is 21.1 Å². The van der Waals surface area contributed by atoms with E-state index in [0.29, 0.717) is 45.7 Å². The van der Waals surface area contributed by atoms with Gasteiger partial charge < -0.3 is 14.8 Å². The number of fused-ring (bicyclic) bond motifs is 1. The van der Waals surface area contributed by atoms with Crippen LogP contribution in [0.15, 0.2) is 42.5 Å². The summed E-state index contributed by atoms with van der Waals surface area (Å²) in [7, 11) is 1.64. The number of H-pyrrole nitrogens is 1. The van der Waals surface area contributed by atoms with Gasteiger partial charge in [0.25, 0.3) is 0 Å². The maximum absolute atomic E-state index is 14.2. The number of anilines is 1. The summed E-state index contributed by atoms with van der Waals surface area (Å²) in [6.45, 7) is 0.484. The molecule has 33 heavy (non-hydrogen) atoms. The summed E-state index contributed by atoms with van der Waals surface area (Å²) in [6.07, 6.45) is 2.17. The Morgan fingerprint density at radius 1 is 1.18 bits per heavy atom. The Kier molecular flexibility index (Phi) is 5.82. The first-order valence-corrected chi connectivity index (χ1v) is 10.8. The summed E-state index contributed by atoms with van der Waals surface area (Å²) in [5, 5.41) is 11.9. The van der Waals surface area contributed by atoms with E-state index in [2.05, 4.69) is 25.5 Å². The third-order valence-electron chi connectivity index (χ3n) is 5.48. The second-order valence-electron chi connectivity index (χ2n) is 7.85. The first kappa shape index (κ1) is 21.5. The van der Waals surface area contributed by atoms with Crippen molar-refractivity contribution < 1.29 is 18.3 Å². The highest BCUT2D eigenvalue weighted by molar-refractivity contribution is 6.33. The zero-order valence-corrected chi connectivity index (χ0v) is 18.4. The number of hydrogen-bond donors (Lipinski definition) is 2. The quantitative estimate of drug-likeness (QED) is 0.349. The first-order valence-electron chi connectivity index (χ1n) is 10.4. The molecular formula is C23H20ClF2N5O2. The van der Waals surface area contributed by atoms with E-state index in [1.54, 1.807) is 13.2 Å². The molecule has 10 heteroatoms. The van der Waals surface area contributed by atoms with Crippen LogP contribution in [-0.2, 0) is 4.74 Å². The molecule has 7 nitrogen and oxygen atoms in total. The number of aromatic nitrogens is 4. The molecule has 4 aromatic rings. The van der Waals surface area contributed by atoms with E-state index in [1.165, 1.54) is 6.07 Å². The van der Waals surface area contributed by atoms with E-state index >= 15 is 0 Å². The molecule has 1 saturated carbocycles. The van der Waals surface area contributed by atoms with Crippen molar-refractivity contribution in [3.63, 3.8) is 0 Å². The molecule has 0 bridgehead atoms. The number of benzene rings is 2. The number of hydrogen-bond acceptors (Lipinski definition) is 6. The Labute approximate surface area is 193 Å². The molecule has 1 unspecified atom stereocenters. The molecule has 2 aromatic carbocycles. The van der Waals surface area contributed by atoms with Gasteiger partial charge in [-0.3, -0.25) is 5.10 Å². The highest BCUT2D eigenvalue weighted by atomic mass is 35.5. The average Bonchev–Trinajstić information content (AvgIpc) is 3.55. The maximum Gasteiger partial charge on any atom is 0.326 e. The number of methoxy groups -OCH3 is 1. The molecule has 1 aliphatic carbocycles. The second-order valence-corrected chi connectivity index (χ2v) is 8.26. The molecule has 0 amide bonds. The fourth-order valence-corrected chi connectivity index (χ4v) is 3.94. The van der Waals surface area contributed by atoms with Gasteiger partial charge in [-0.25, -0.2) is 8.78 Å².